The zero-order valence-electron chi connectivity index (χ0n) is 16.2. The monoisotopic (exact) mass is 442 g/mol. The van der Waals surface area contributed by atoms with Crippen molar-refractivity contribution in [1.82, 2.24) is 0 Å². The van der Waals surface area contributed by atoms with E-state index in [2.05, 4.69) is 0 Å². The second kappa shape index (κ2) is 9.88. The standard InChI is InChI=1S/C21H19N2O7P/c22-20(21(24)28-15-16-11-13-17(14-12-16)23(25)26)31(27,29-18-7-3-1-4-8-18)30-19-9-5-2-6-10-19/h1-14,20H,15,22H2. The zero-order chi connectivity index (χ0) is 22.3. The van der Waals surface area contributed by atoms with Crippen molar-refractivity contribution in [2.45, 2.75) is 12.4 Å². The van der Waals surface area contributed by atoms with Crippen LogP contribution in [-0.4, -0.2) is 16.7 Å². The Balaban J connectivity index is 1.74. The fraction of sp³-hybridized carbons (Fsp3) is 0.0952. The predicted octanol–water partition coefficient (Wildman–Crippen LogP) is 4.27. The highest BCUT2D eigenvalue weighted by molar-refractivity contribution is 7.56. The van der Waals surface area contributed by atoms with Gasteiger partial charge in [0.05, 0.1) is 4.92 Å². The van der Waals surface area contributed by atoms with Gasteiger partial charge in [0, 0.05) is 12.1 Å². The van der Waals surface area contributed by atoms with E-state index in [4.69, 9.17) is 19.5 Å². The number of nitrogens with two attached hydrogens (primary N) is 1. The SMILES string of the molecule is NC(C(=O)OCc1ccc([N+](=O)[O-])cc1)P(=O)(Oc1ccccc1)Oc1ccccc1. The van der Waals surface area contributed by atoms with Crippen LogP contribution in [0.4, 0.5) is 5.69 Å². The van der Waals surface area contributed by atoms with Crippen molar-refractivity contribution in [2.75, 3.05) is 0 Å². The first-order valence-electron chi connectivity index (χ1n) is 9.12. The minimum atomic E-state index is -4.24. The average Bonchev–Trinajstić information content (AvgIpc) is 2.78. The van der Waals surface area contributed by atoms with Gasteiger partial charge in [-0.15, -0.1) is 0 Å². The van der Waals surface area contributed by atoms with Gasteiger partial charge < -0.3 is 19.5 Å². The molecule has 160 valence electrons. The maximum atomic E-state index is 13.5. The van der Waals surface area contributed by atoms with Crippen LogP contribution >= 0.6 is 7.60 Å². The lowest BCUT2D eigenvalue weighted by Gasteiger charge is -2.24. The second-order valence-electron chi connectivity index (χ2n) is 6.32. The van der Waals surface area contributed by atoms with Crippen LogP contribution in [0.2, 0.25) is 0 Å². The van der Waals surface area contributed by atoms with E-state index in [0.717, 1.165) is 0 Å². The zero-order valence-corrected chi connectivity index (χ0v) is 17.1. The molecule has 3 aromatic rings. The van der Waals surface area contributed by atoms with Crippen molar-refractivity contribution < 1.29 is 28.1 Å². The molecule has 3 aromatic carbocycles. The molecule has 9 nitrogen and oxygen atoms in total. The summed E-state index contributed by atoms with van der Waals surface area (Å²) in [6.07, 6.45) is 0. The summed E-state index contributed by atoms with van der Waals surface area (Å²) in [5, 5.41) is 10.7. The van der Waals surface area contributed by atoms with E-state index in [1.165, 1.54) is 24.3 Å². The van der Waals surface area contributed by atoms with E-state index < -0.39 is 24.3 Å². The fourth-order valence-corrected chi connectivity index (χ4v) is 3.90. The topological polar surface area (TPSA) is 131 Å². The van der Waals surface area contributed by atoms with Gasteiger partial charge in [0.2, 0.25) is 5.78 Å². The van der Waals surface area contributed by atoms with Crippen LogP contribution in [0, 0.1) is 10.1 Å². The van der Waals surface area contributed by atoms with Gasteiger partial charge in [0.15, 0.2) is 0 Å². The summed E-state index contributed by atoms with van der Waals surface area (Å²) in [5.74, 6) is -2.32. The van der Waals surface area contributed by atoms with Gasteiger partial charge in [0.1, 0.15) is 18.1 Å². The third-order valence-electron chi connectivity index (χ3n) is 4.06. The maximum absolute atomic E-state index is 13.5. The minimum absolute atomic E-state index is 0.0937. The molecule has 0 aromatic heterocycles. The summed E-state index contributed by atoms with van der Waals surface area (Å²) >= 11 is 0. The molecule has 1 atom stereocenters. The Hall–Kier alpha value is -3.68. The predicted molar refractivity (Wildman–Crippen MR) is 113 cm³/mol. The number of nitrogens with zero attached hydrogens (tertiary/aromatic N) is 1. The van der Waals surface area contributed by atoms with Gasteiger partial charge in [0.25, 0.3) is 5.69 Å². The molecule has 2 N–H and O–H groups in total. The lowest BCUT2D eigenvalue weighted by atomic mass is 10.2. The highest BCUT2D eigenvalue weighted by atomic mass is 31.2. The number of nitro benzene ring substituents is 1. The van der Waals surface area contributed by atoms with Crippen LogP contribution < -0.4 is 14.8 Å². The average molecular weight is 442 g/mol. The first-order chi connectivity index (χ1) is 14.9. The quantitative estimate of drug-likeness (QED) is 0.225. The number of hydrogen-bond donors (Lipinski definition) is 1. The highest BCUT2D eigenvalue weighted by Crippen LogP contribution is 2.51. The number of rotatable bonds is 9. The summed E-state index contributed by atoms with van der Waals surface area (Å²) < 4.78 is 29.7. The molecule has 0 saturated heterocycles. The number of ether oxygens (including phenoxy) is 1. The van der Waals surface area contributed by atoms with Gasteiger partial charge in [-0.25, -0.2) is 9.36 Å². The lowest BCUT2D eigenvalue weighted by molar-refractivity contribution is -0.384. The van der Waals surface area contributed by atoms with Crippen molar-refractivity contribution in [3.8, 4) is 11.5 Å². The van der Waals surface area contributed by atoms with Gasteiger partial charge in [-0.05, 0) is 42.0 Å². The minimum Gasteiger partial charge on any atom is -0.459 e. The number of carbonyl (C=O) groups is 1. The van der Waals surface area contributed by atoms with Crippen molar-refractivity contribution in [3.63, 3.8) is 0 Å². The van der Waals surface area contributed by atoms with Crippen LogP contribution in [-0.2, 0) is 20.7 Å². The van der Waals surface area contributed by atoms with Crippen LogP contribution in [0.25, 0.3) is 0 Å². The van der Waals surface area contributed by atoms with Gasteiger partial charge in [-0.2, -0.15) is 0 Å². The second-order valence-corrected chi connectivity index (χ2v) is 8.33. The number of para-hydroxylation sites is 2. The Morgan fingerprint density at radius 2 is 1.39 bits per heavy atom. The van der Waals surface area contributed by atoms with Crippen molar-refractivity contribution in [3.05, 3.63) is 101 Å². The van der Waals surface area contributed by atoms with E-state index in [0.29, 0.717) is 5.56 Å². The Labute approximate surface area is 178 Å². The Bertz CT molecular complexity index is 1030. The summed E-state index contributed by atoms with van der Waals surface area (Å²) in [7, 11) is -4.24. The summed E-state index contributed by atoms with van der Waals surface area (Å²) in [5.41, 5.74) is 6.34. The number of hydrogen-bond acceptors (Lipinski definition) is 8. The van der Waals surface area contributed by atoms with Crippen molar-refractivity contribution in [2.24, 2.45) is 5.73 Å². The Morgan fingerprint density at radius 3 is 1.84 bits per heavy atom. The van der Waals surface area contributed by atoms with Crippen molar-refractivity contribution >= 4 is 19.3 Å². The molecule has 0 aliphatic carbocycles. The molecule has 0 bridgehead atoms. The van der Waals surface area contributed by atoms with Gasteiger partial charge >= 0.3 is 13.6 Å². The lowest BCUT2D eigenvalue weighted by Crippen LogP contribution is -2.35. The molecule has 0 saturated carbocycles. The van der Waals surface area contributed by atoms with Crippen molar-refractivity contribution in [1.29, 1.82) is 0 Å². The largest absolute Gasteiger partial charge is 0.459 e. The molecule has 1 unspecified atom stereocenters. The molecule has 0 radical (unpaired) electrons. The van der Waals surface area contributed by atoms with Gasteiger partial charge in [-0.1, -0.05) is 36.4 Å². The third kappa shape index (κ3) is 5.91. The van der Waals surface area contributed by atoms with E-state index >= 15 is 0 Å². The normalized spacial score (nSPS) is 11.9. The smallest absolute Gasteiger partial charge is 0.458 e. The molecule has 0 spiro atoms. The maximum Gasteiger partial charge on any atom is 0.458 e. The first kappa shape index (κ1) is 22.0. The summed E-state index contributed by atoms with van der Waals surface area (Å²) in [6, 6.07) is 21.8. The summed E-state index contributed by atoms with van der Waals surface area (Å²) in [6.45, 7) is -0.221. The van der Waals surface area contributed by atoms with Crippen LogP contribution in [0.15, 0.2) is 84.9 Å². The van der Waals surface area contributed by atoms with Crippen LogP contribution in [0.1, 0.15) is 5.56 Å². The Morgan fingerprint density at radius 1 is 0.903 bits per heavy atom. The van der Waals surface area contributed by atoms with Crippen LogP contribution in [0.5, 0.6) is 11.5 Å². The van der Waals surface area contributed by atoms with E-state index in [1.807, 2.05) is 0 Å². The number of esters is 1. The number of non-ortho nitro benzene ring substituents is 1. The molecule has 0 amide bonds. The Kier molecular flexibility index (Phi) is 7.02. The highest BCUT2D eigenvalue weighted by Gasteiger charge is 2.43. The third-order valence-corrected chi connectivity index (χ3v) is 5.88. The van der Waals surface area contributed by atoms with Crippen LogP contribution in [0.3, 0.4) is 0 Å². The van der Waals surface area contributed by atoms with E-state index in [-0.39, 0.29) is 23.8 Å². The molecule has 0 aliphatic heterocycles. The number of benzene rings is 3. The number of carbonyl (C=O) groups excluding carboxylic acids is 1. The molecular weight excluding hydrogens is 423 g/mol. The van der Waals surface area contributed by atoms with Gasteiger partial charge in [-0.3, -0.25) is 10.1 Å². The molecule has 0 fully saturated rings. The molecule has 10 heteroatoms. The molecule has 31 heavy (non-hydrogen) atoms. The molecule has 0 aliphatic rings. The number of nitro groups is 1. The fourth-order valence-electron chi connectivity index (χ4n) is 2.47. The first-order valence-corrected chi connectivity index (χ1v) is 10.7. The molecule has 3 rings (SSSR count). The molecule has 0 heterocycles. The van der Waals surface area contributed by atoms with E-state index in [9.17, 15) is 19.5 Å². The molecular formula is C21H19N2O7P. The van der Waals surface area contributed by atoms with E-state index in [1.54, 1.807) is 60.7 Å². The summed E-state index contributed by atoms with van der Waals surface area (Å²) in [4.78, 5) is 22.7.